The number of nitrogens with one attached hydrogen (secondary N) is 1. The Kier molecular flexibility index (Phi) is 4.34. The minimum absolute atomic E-state index is 0.158. The van der Waals surface area contributed by atoms with Gasteiger partial charge in [0.2, 0.25) is 0 Å². The summed E-state index contributed by atoms with van der Waals surface area (Å²) in [6.45, 7) is 1.16. The summed E-state index contributed by atoms with van der Waals surface area (Å²) in [6, 6.07) is 7.25. The number of anilines is 1. The van der Waals surface area contributed by atoms with Gasteiger partial charge < -0.3 is 10.2 Å². The highest BCUT2D eigenvalue weighted by molar-refractivity contribution is 5.36. The fourth-order valence-corrected chi connectivity index (χ4v) is 2.37. The lowest BCUT2D eigenvalue weighted by Crippen LogP contribution is -2.12. The van der Waals surface area contributed by atoms with E-state index >= 15 is 0 Å². The van der Waals surface area contributed by atoms with Crippen molar-refractivity contribution in [2.24, 2.45) is 0 Å². The van der Waals surface area contributed by atoms with E-state index in [1.54, 1.807) is 12.3 Å². The summed E-state index contributed by atoms with van der Waals surface area (Å²) in [6.07, 6.45) is 4.15. The molecule has 1 aliphatic carbocycles. The third-order valence-electron chi connectivity index (χ3n) is 3.69. The van der Waals surface area contributed by atoms with E-state index in [0.717, 1.165) is 17.2 Å². The molecule has 0 unspecified atom stereocenters. The Labute approximate surface area is 130 Å². The van der Waals surface area contributed by atoms with Crippen molar-refractivity contribution < 1.29 is 4.39 Å². The number of hydrogen-bond acceptors (Lipinski definition) is 4. The first kappa shape index (κ1) is 14.9. The van der Waals surface area contributed by atoms with E-state index in [4.69, 9.17) is 0 Å². The van der Waals surface area contributed by atoms with E-state index in [1.165, 1.54) is 12.8 Å². The zero-order chi connectivity index (χ0) is 15.5. The smallest absolute Gasteiger partial charge is 0.133 e. The second-order valence-electron chi connectivity index (χ2n) is 6.09. The van der Waals surface area contributed by atoms with Crippen LogP contribution in [0.15, 0.2) is 30.5 Å². The third kappa shape index (κ3) is 3.80. The molecule has 4 nitrogen and oxygen atoms in total. The topological polar surface area (TPSA) is 41.0 Å². The molecule has 1 fully saturated rings. The minimum Gasteiger partial charge on any atom is -0.366 e. The van der Waals surface area contributed by atoms with Gasteiger partial charge in [0.05, 0.1) is 0 Å². The Morgan fingerprint density at radius 3 is 2.77 bits per heavy atom. The molecule has 1 heterocycles. The first-order valence-electron chi connectivity index (χ1n) is 7.60. The molecule has 0 saturated heterocycles. The molecule has 5 heteroatoms. The van der Waals surface area contributed by atoms with E-state index in [0.29, 0.717) is 24.6 Å². The van der Waals surface area contributed by atoms with Crippen molar-refractivity contribution in [3.8, 4) is 0 Å². The van der Waals surface area contributed by atoms with Gasteiger partial charge in [0.15, 0.2) is 0 Å². The highest BCUT2D eigenvalue weighted by atomic mass is 19.1. The highest BCUT2D eigenvalue weighted by Crippen LogP contribution is 2.38. The average Bonchev–Trinajstić information content (AvgIpc) is 3.32. The van der Waals surface area contributed by atoms with Crippen molar-refractivity contribution in [2.75, 3.05) is 19.4 Å². The number of nitrogens with zero attached hydrogens (tertiary/aromatic N) is 3. The van der Waals surface area contributed by atoms with Crippen LogP contribution >= 0.6 is 0 Å². The Bertz CT molecular complexity index is 653. The van der Waals surface area contributed by atoms with E-state index < -0.39 is 0 Å². The van der Waals surface area contributed by atoms with Crippen molar-refractivity contribution in [2.45, 2.75) is 31.8 Å². The predicted octanol–water partition coefficient (Wildman–Crippen LogP) is 3.17. The average molecular weight is 300 g/mol. The quantitative estimate of drug-likeness (QED) is 0.889. The van der Waals surface area contributed by atoms with E-state index in [-0.39, 0.29) is 5.82 Å². The standard InChI is InChI=1S/C17H21FN4/c1-22(2)11-14-4-3-12(9-15(14)18)10-20-16-7-8-19-17(21-16)13-5-6-13/h3-4,7-9,13H,5-6,10-11H2,1-2H3,(H,19,20,21). The highest BCUT2D eigenvalue weighted by Gasteiger charge is 2.26. The summed E-state index contributed by atoms with van der Waals surface area (Å²) in [5, 5.41) is 3.24. The summed E-state index contributed by atoms with van der Waals surface area (Å²) in [5.74, 6) is 2.09. The summed E-state index contributed by atoms with van der Waals surface area (Å²) in [4.78, 5) is 10.8. The maximum absolute atomic E-state index is 14.0. The van der Waals surface area contributed by atoms with E-state index in [2.05, 4.69) is 15.3 Å². The molecule has 0 atom stereocenters. The van der Waals surface area contributed by atoms with Gasteiger partial charge in [-0.25, -0.2) is 14.4 Å². The Hall–Kier alpha value is -2.01. The summed E-state index contributed by atoms with van der Waals surface area (Å²) >= 11 is 0. The molecular weight excluding hydrogens is 279 g/mol. The van der Waals surface area contributed by atoms with Crippen molar-refractivity contribution in [3.05, 3.63) is 53.2 Å². The maximum Gasteiger partial charge on any atom is 0.133 e. The van der Waals surface area contributed by atoms with Crippen LogP contribution in [-0.2, 0) is 13.1 Å². The van der Waals surface area contributed by atoms with Gasteiger partial charge >= 0.3 is 0 Å². The normalized spacial score (nSPS) is 14.4. The summed E-state index contributed by atoms with van der Waals surface area (Å²) in [7, 11) is 3.86. The number of hydrogen-bond donors (Lipinski definition) is 1. The first-order valence-corrected chi connectivity index (χ1v) is 7.60. The molecule has 1 aromatic heterocycles. The number of benzene rings is 1. The summed E-state index contributed by atoms with van der Waals surface area (Å²) in [5.41, 5.74) is 1.62. The van der Waals surface area contributed by atoms with Crippen LogP contribution in [0.3, 0.4) is 0 Å². The van der Waals surface area contributed by atoms with Crippen LogP contribution in [0.4, 0.5) is 10.2 Å². The Balaban J connectivity index is 1.63. The first-order chi connectivity index (χ1) is 10.6. The molecule has 3 rings (SSSR count). The van der Waals surface area contributed by atoms with Gasteiger partial charge in [-0.3, -0.25) is 0 Å². The molecule has 116 valence electrons. The second-order valence-corrected chi connectivity index (χ2v) is 6.09. The van der Waals surface area contributed by atoms with Crippen LogP contribution in [-0.4, -0.2) is 29.0 Å². The molecular formula is C17H21FN4. The van der Waals surface area contributed by atoms with Crippen LogP contribution in [0.5, 0.6) is 0 Å². The molecule has 22 heavy (non-hydrogen) atoms. The molecule has 0 amide bonds. The van der Waals surface area contributed by atoms with Gasteiger partial charge in [-0.15, -0.1) is 0 Å². The molecule has 1 N–H and O–H groups in total. The Morgan fingerprint density at radius 1 is 1.27 bits per heavy atom. The van der Waals surface area contributed by atoms with E-state index in [1.807, 2.05) is 37.2 Å². The second kappa shape index (κ2) is 6.40. The molecule has 0 radical (unpaired) electrons. The van der Waals surface area contributed by atoms with Crippen molar-refractivity contribution in [1.82, 2.24) is 14.9 Å². The summed E-state index contributed by atoms with van der Waals surface area (Å²) < 4.78 is 14.0. The van der Waals surface area contributed by atoms with Gasteiger partial charge in [0.25, 0.3) is 0 Å². The van der Waals surface area contributed by atoms with Crippen molar-refractivity contribution in [1.29, 1.82) is 0 Å². The predicted molar refractivity (Wildman–Crippen MR) is 85.1 cm³/mol. The fraction of sp³-hybridized carbons (Fsp3) is 0.412. The van der Waals surface area contributed by atoms with Gasteiger partial charge in [0.1, 0.15) is 17.5 Å². The van der Waals surface area contributed by atoms with E-state index in [9.17, 15) is 4.39 Å². The molecule has 1 aliphatic rings. The number of aromatic nitrogens is 2. The largest absolute Gasteiger partial charge is 0.366 e. The lowest BCUT2D eigenvalue weighted by atomic mass is 10.1. The number of halogens is 1. The lowest BCUT2D eigenvalue weighted by Gasteiger charge is -2.12. The van der Waals surface area contributed by atoms with Crippen LogP contribution in [0, 0.1) is 5.82 Å². The molecule has 1 aromatic carbocycles. The van der Waals surface area contributed by atoms with Crippen LogP contribution in [0.25, 0.3) is 0 Å². The van der Waals surface area contributed by atoms with Crippen LogP contribution < -0.4 is 5.32 Å². The van der Waals surface area contributed by atoms with Gasteiger partial charge in [-0.05, 0) is 44.6 Å². The molecule has 1 saturated carbocycles. The SMILES string of the molecule is CN(C)Cc1ccc(CNc2ccnc(C3CC3)n2)cc1F. The third-order valence-corrected chi connectivity index (χ3v) is 3.69. The Morgan fingerprint density at radius 2 is 2.09 bits per heavy atom. The fourth-order valence-electron chi connectivity index (χ4n) is 2.37. The monoisotopic (exact) mass is 300 g/mol. The molecule has 0 bridgehead atoms. The van der Waals surface area contributed by atoms with Crippen molar-refractivity contribution >= 4 is 5.82 Å². The molecule has 0 aliphatic heterocycles. The zero-order valence-corrected chi connectivity index (χ0v) is 13.0. The van der Waals surface area contributed by atoms with Gasteiger partial charge in [-0.1, -0.05) is 12.1 Å². The van der Waals surface area contributed by atoms with Crippen molar-refractivity contribution in [3.63, 3.8) is 0 Å². The lowest BCUT2D eigenvalue weighted by molar-refractivity contribution is 0.392. The minimum atomic E-state index is -0.158. The zero-order valence-electron chi connectivity index (χ0n) is 13.0. The van der Waals surface area contributed by atoms with Gasteiger partial charge in [0, 0.05) is 30.8 Å². The van der Waals surface area contributed by atoms with Crippen LogP contribution in [0.1, 0.15) is 35.7 Å². The molecule has 2 aromatic rings. The van der Waals surface area contributed by atoms with Gasteiger partial charge in [-0.2, -0.15) is 0 Å². The number of rotatable bonds is 6. The maximum atomic E-state index is 14.0. The van der Waals surface area contributed by atoms with Crippen LogP contribution in [0.2, 0.25) is 0 Å². The molecule has 0 spiro atoms.